The number of hydrogen-bond acceptors (Lipinski definition) is 3. The van der Waals surface area contributed by atoms with Gasteiger partial charge in [0.15, 0.2) is 0 Å². The van der Waals surface area contributed by atoms with Gasteiger partial charge in [-0.05, 0) is 25.3 Å². The number of aromatic amines is 1. The standard InChI is InChI=1S/C14H20N4O2/c1-2-5-9-8-12(18-17-9)14(20)16-11-7-4-3-6-10(11)13(15)19/h3-4,8,10-11H,2,5-7H2,1H3,(H2,15,19)(H,16,20)(H,17,18)/t10-,11+/m1/s1. The number of nitrogens with zero attached hydrogens (tertiary/aromatic N) is 1. The number of amides is 2. The molecule has 0 bridgehead atoms. The van der Waals surface area contributed by atoms with Gasteiger partial charge in [-0.15, -0.1) is 0 Å². The number of carbonyl (C=O) groups is 2. The van der Waals surface area contributed by atoms with Gasteiger partial charge in [-0.3, -0.25) is 14.7 Å². The first-order chi connectivity index (χ1) is 9.61. The van der Waals surface area contributed by atoms with Crippen LogP contribution in [0.1, 0.15) is 42.4 Å². The number of aryl methyl sites for hydroxylation is 1. The lowest BCUT2D eigenvalue weighted by Crippen LogP contribution is -2.46. The van der Waals surface area contributed by atoms with E-state index in [4.69, 9.17) is 5.73 Å². The highest BCUT2D eigenvalue weighted by Gasteiger charge is 2.29. The molecule has 1 aliphatic carbocycles. The summed E-state index contributed by atoms with van der Waals surface area (Å²) < 4.78 is 0. The van der Waals surface area contributed by atoms with Crippen molar-refractivity contribution in [3.63, 3.8) is 0 Å². The quantitative estimate of drug-likeness (QED) is 0.697. The molecule has 0 fully saturated rings. The van der Waals surface area contributed by atoms with Crippen LogP contribution in [0.5, 0.6) is 0 Å². The maximum absolute atomic E-state index is 12.1. The van der Waals surface area contributed by atoms with Crippen LogP contribution in [0.25, 0.3) is 0 Å². The van der Waals surface area contributed by atoms with Gasteiger partial charge in [0, 0.05) is 11.7 Å². The Labute approximate surface area is 117 Å². The van der Waals surface area contributed by atoms with E-state index < -0.39 is 0 Å². The van der Waals surface area contributed by atoms with Crippen LogP contribution in [0, 0.1) is 5.92 Å². The van der Waals surface area contributed by atoms with E-state index in [1.165, 1.54) is 0 Å². The highest BCUT2D eigenvalue weighted by Crippen LogP contribution is 2.19. The average molecular weight is 276 g/mol. The molecule has 2 rings (SSSR count). The van der Waals surface area contributed by atoms with E-state index in [2.05, 4.69) is 22.4 Å². The minimum atomic E-state index is -0.381. The highest BCUT2D eigenvalue weighted by molar-refractivity contribution is 5.93. The molecule has 1 heterocycles. The molecule has 6 heteroatoms. The Hall–Kier alpha value is -2.11. The topological polar surface area (TPSA) is 101 Å². The van der Waals surface area contributed by atoms with Gasteiger partial charge < -0.3 is 11.1 Å². The number of rotatable bonds is 5. The van der Waals surface area contributed by atoms with Gasteiger partial charge in [0.1, 0.15) is 5.69 Å². The fourth-order valence-corrected chi connectivity index (χ4v) is 2.41. The third-order valence-corrected chi connectivity index (χ3v) is 3.50. The Morgan fingerprint density at radius 3 is 2.90 bits per heavy atom. The molecule has 0 unspecified atom stereocenters. The second-order valence-corrected chi connectivity index (χ2v) is 5.06. The van der Waals surface area contributed by atoms with Crippen LogP contribution in [0.2, 0.25) is 0 Å². The fourth-order valence-electron chi connectivity index (χ4n) is 2.41. The maximum Gasteiger partial charge on any atom is 0.272 e. The number of primary amides is 1. The molecule has 0 aromatic carbocycles. The van der Waals surface area contributed by atoms with Crippen LogP contribution in [-0.2, 0) is 11.2 Å². The van der Waals surface area contributed by atoms with Crippen molar-refractivity contribution in [1.29, 1.82) is 0 Å². The lowest BCUT2D eigenvalue weighted by atomic mass is 9.88. The summed E-state index contributed by atoms with van der Waals surface area (Å²) in [5.74, 6) is -0.999. The van der Waals surface area contributed by atoms with Crippen molar-refractivity contribution >= 4 is 11.8 Å². The SMILES string of the molecule is CCCc1cc(C(=O)N[C@H]2CC=CC[C@H]2C(N)=O)n[nH]1. The molecule has 1 aromatic rings. The van der Waals surface area contributed by atoms with E-state index in [0.717, 1.165) is 18.5 Å². The first-order valence-electron chi connectivity index (χ1n) is 6.91. The van der Waals surface area contributed by atoms with Crippen LogP contribution in [0.3, 0.4) is 0 Å². The molecule has 0 saturated carbocycles. The van der Waals surface area contributed by atoms with Crippen molar-refractivity contribution in [1.82, 2.24) is 15.5 Å². The lowest BCUT2D eigenvalue weighted by Gasteiger charge is -2.26. The number of allylic oxidation sites excluding steroid dienone is 1. The van der Waals surface area contributed by atoms with E-state index in [9.17, 15) is 9.59 Å². The average Bonchev–Trinajstić information content (AvgIpc) is 2.88. The van der Waals surface area contributed by atoms with Crippen molar-refractivity contribution in [2.45, 2.75) is 38.6 Å². The largest absolute Gasteiger partial charge is 0.369 e. The number of H-pyrrole nitrogens is 1. The number of carbonyl (C=O) groups excluding carboxylic acids is 2. The summed E-state index contributed by atoms with van der Waals surface area (Å²) in [5.41, 5.74) is 6.66. The Morgan fingerprint density at radius 1 is 1.45 bits per heavy atom. The summed E-state index contributed by atoms with van der Waals surface area (Å²) in [4.78, 5) is 23.5. The molecule has 0 aliphatic heterocycles. The van der Waals surface area contributed by atoms with E-state index in [1.807, 2.05) is 12.2 Å². The Balaban J connectivity index is 2.02. The molecule has 20 heavy (non-hydrogen) atoms. The van der Waals surface area contributed by atoms with Gasteiger partial charge in [0.25, 0.3) is 5.91 Å². The van der Waals surface area contributed by atoms with Crippen molar-refractivity contribution < 1.29 is 9.59 Å². The first kappa shape index (κ1) is 14.3. The lowest BCUT2D eigenvalue weighted by molar-refractivity contribution is -0.122. The van der Waals surface area contributed by atoms with Gasteiger partial charge in [0.05, 0.1) is 5.92 Å². The van der Waals surface area contributed by atoms with Crippen molar-refractivity contribution in [3.8, 4) is 0 Å². The Kier molecular flexibility index (Phi) is 4.55. The van der Waals surface area contributed by atoms with E-state index >= 15 is 0 Å². The van der Waals surface area contributed by atoms with Crippen LogP contribution in [0.15, 0.2) is 18.2 Å². The Morgan fingerprint density at radius 2 is 2.20 bits per heavy atom. The monoisotopic (exact) mass is 276 g/mol. The minimum Gasteiger partial charge on any atom is -0.369 e. The Bertz CT molecular complexity index is 521. The van der Waals surface area contributed by atoms with Gasteiger partial charge in [-0.1, -0.05) is 25.5 Å². The molecule has 2 amide bonds. The molecule has 0 saturated heterocycles. The van der Waals surface area contributed by atoms with Crippen LogP contribution in [0.4, 0.5) is 0 Å². The molecular weight excluding hydrogens is 256 g/mol. The predicted octanol–water partition coefficient (Wildman–Crippen LogP) is 0.912. The second kappa shape index (κ2) is 6.36. The van der Waals surface area contributed by atoms with Gasteiger partial charge in [0.2, 0.25) is 5.91 Å². The van der Waals surface area contributed by atoms with Gasteiger partial charge in [-0.2, -0.15) is 5.10 Å². The molecule has 4 N–H and O–H groups in total. The van der Waals surface area contributed by atoms with Crippen LogP contribution >= 0.6 is 0 Å². The third kappa shape index (κ3) is 3.26. The van der Waals surface area contributed by atoms with E-state index in [-0.39, 0.29) is 23.8 Å². The molecule has 0 radical (unpaired) electrons. The van der Waals surface area contributed by atoms with E-state index in [0.29, 0.717) is 18.5 Å². The van der Waals surface area contributed by atoms with Crippen LogP contribution in [-0.4, -0.2) is 28.1 Å². The molecule has 6 nitrogen and oxygen atoms in total. The molecular formula is C14H20N4O2. The second-order valence-electron chi connectivity index (χ2n) is 5.06. The first-order valence-corrected chi connectivity index (χ1v) is 6.91. The van der Waals surface area contributed by atoms with Crippen LogP contribution < -0.4 is 11.1 Å². The zero-order valence-corrected chi connectivity index (χ0v) is 11.6. The number of nitrogens with two attached hydrogens (primary N) is 1. The summed E-state index contributed by atoms with van der Waals surface area (Å²) in [5, 5.41) is 9.69. The normalized spacial score (nSPS) is 21.6. The minimum absolute atomic E-state index is 0.253. The summed E-state index contributed by atoms with van der Waals surface area (Å²) in [6.45, 7) is 2.06. The summed E-state index contributed by atoms with van der Waals surface area (Å²) in [6, 6.07) is 1.49. The zero-order valence-electron chi connectivity index (χ0n) is 11.6. The number of hydrogen-bond donors (Lipinski definition) is 3. The predicted molar refractivity (Wildman–Crippen MR) is 74.9 cm³/mol. The summed E-state index contributed by atoms with van der Waals surface area (Å²) >= 11 is 0. The smallest absolute Gasteiger partial charge is 0.272 e. The molecule has 2 atom stereocenters. The van der Waals surface area contributed by atoms with Crippen molar-refractivity contribution in [3.05, 3.63) is 29.6 Å². The summed E-state index contributed by atoms with van der Waals surface area (Å²) in [6.07, 6.45) is 6.91. The molecule has 1 aliphatic rings. The zero-order chi connectivity index (χ0) is 14.5. The third-order valence-electron chi connectivity index (χ3n) is 3.50. The molecule has 108 valence electrons. The highest BCUT2D eigenvalue weighted by atomic mass is 16.2. The van der Waals surface area contributed by atoms with Gasteiger partial charge in [-0.25, -0.2) is 0 Å². The number of nitrogens with one attached hydrogen (secondary N) is 2. The summed E-state index contributed by atoms with van der Waals surface area (Å²) in [7, 11) is 0. The molecule has 0 spiro atoms. The van der Waals surface area contributed by atoms with Crippen molar-refractivity contribution in [2.75, 3.05) is 0 Å². The maximum atomic E-state index is 12.1. The fraction of sp³-hybridized carbons (Fsp3) is 0.500. The van der Waals surface area contributed by atoms with E-state index in [1.54, 1.807) is 6.07 Å². The molecule has 1 aromatic heterocycles. The van der Waals surface area contributed by atoms with Gasteiger partial charge >= 0.3 is 0 Å². The number of aromatic nitrogens is 2. The van der Waals surface area contributed by atoms with Crippen molar-refractivity contribution in [2.24, 2.45) is 11.7 Å².